The van der Waals surface area contributed by atoms with Crippen LogP contribution < -0.4 is 0 Å². The number of hydrogen-bond donors (Lipinski definition) is 3. The second-order valence-corrected chi connectivity index (χ2v) is 4.80. The van der Waals surface area contributed by atoms with Crippen molar-refractivity contribution >= 4 is 6.09 Å². The summed E-state index contributed by atoms with van der Waals surface area (Å²) < 4.78 is 0. The standard InChI is InChI=1S/C9H17NO4/c1-9(2,3)7-6(12)5(11)4-10(7)8(13)14/h5-7,11-12H,4H2,1-3H3,(H,13,14)/t5-,6-,7?/m0/s1. The third kappa shape index (κ3) is 1.83. The van der Waals surface area contributed by atoms with Gasteiger partial charge in [-0.1, -0.05) is 20.8 Å². The molecular weight excluding hydrogens is 186 g/mol. The molecule has 0 aromatic carbocycles. The maximum absolute atomic E-state index is 10.9. The highest BCUT2D eigenvalue weighted by molar-refractivity contribution is 5.66. The fourth-order valence-corrected chi connectivity index (χ4v) is 1.99. The number of hydrogen-bond acceptors (Lipinski definition) is 3. The van der Waals surface area contributed by atoms with Gasteiger partial charge in [-0.15, -0.1) is 0 Å². The average Bonchev–Trinajstić information content (AvgIpc) is 2.27. The molecule has 3 N–H and O–H groups in total. The SMILES string of the molecule is CC(C)(C)C1[C@@H](O)[C@@H](O)CN1C(=O)O. The lowest BCUT2D eigenvalue weighted by atomic mass is 9.83. The Kier molecular flexibility index (Phi) is 2.74. The molecule has 0 aromatic heterocycles. The Morgan fingerprint density at radius 2 is 1.86 bits per heavy atom. The van der Waals surface area contributed by atoms with Gasteiger partial charge in [0.15, 0.2) is 0 Å². The van der Waals surface area contributed by atoms with E-state index in [-0.39, 0.29) is 12.0 Å². The average molecular weight is 203 g/mol. The topological polar surface area (TPSA) is 81.0 Å². The summed E-state index contributed by atoms with van der Waals surface area (Å²) in [6.45, 7) is 5.51. The molecular formula is C9H17NO4. The van der Waals surface area contributed by atoms with Gasteiger partial charge in [-0.05, 0) is 5.41 Å². The van der Waals surface area contributed by atoms with Crippen LogP contribution in [0.4, 0.5) is 4.79 Å². The van der Waals surface area contributed by atoms with Gasteiger partial charge in [0.2, 0.25) is 0 Å². The van der Waals surface area contributed by atoms with Crippen LogP contribution in [0.1, 0.15) is 20.8 Å². The monoisotopic (exact) mass is 203 g/mol. The first-order chi connectivity index (χ1) is 6.25. The number of aliphatic hydroxyl groups is 2. The Morgan fingerprint density at radius 1 is 1.36 bits per heavy atom. The molecule has 5 heteroatoms. The molecule has 14 heavy (non-hydrogen) atoms. The molecule has 0 radical (unpaired) electrons. The maximum Gasteiger partial charge on any atom is 0.407 e. The molecule has 1 heterocycles. The number of carboxylic acid groups (broad SMARTS) is 1. The Balaban J connectivity index is 2.93. The van der Waals surface area contributed by atoms with E-state index in [0.717, 1.165) is 4.90 Å². The van der Waals surface area contributed by atoms with E-state index in [2.05, 4.69) is 0 Å². The van der Waals surface area contributed by atoms with Crippen molar-refractivity contribution in [3.8, 4) is 0 Å². The lowest BCUT2D eigenvalue weighted by Crippen LogP contribution is -2.47. The van der Waals surface area contributed by atoms with Crippen molar-refractivity contribution in [2.45, 2.75) is 39.0 Å². The minimum Gasteiger partial charge on any atom is -0.465 e. The molecule has 3 atom stereocenters. The summed E-state index contributed by atoms with van der Waals surface area (Å²) in [5.41, 5.74) is -0.380. The molecule has 1 aliphatic rings. The Hall–Kier alpha value is -0.810. The van der Waals surface area contributed by atoms with E-state index in [1.54, 1.807) is 0 Å². The van der Waals surface area contributed by atoms with E-state index in [1.807, 2.05) is 20.8 Å². The quantitative estimate of drug-likeness (QED) is 0.522. The number of nitrogens with zero attached hydrogens (tertiary/aromatic N) is 1. The molecule has 0 aromatic rings. The van der Waals surface area contributed by atoms with Crippen molar-refractivity contribution in [1.82, 2.24) is 4.90 Å². The highest BCUT2D eigenvalue weighted by Crippen LogP contribution is 2.33. The Labute approximate surface area is 83.0 Å². The Morgan fingerprint density at radius 3 is 2.14 bits per heavy atom. The lowest BCUT2D eigenvalue weighted by Gasteiger charge is -2.34. The van der Waals surface area contributed by atoms with Gasteiger partial charge in [0.1, 0.15) is 6.10 Å². The van der Waals surface area contributed by atoms with E-state index >= 15 is 0 Å². The van der Waals surface area contributed by atoms with Gasteiger partial charge >= 0.3 is 6.09 Å². The van der Waals surface area contributed by atoms with E-state index in [4.69, 9.17) is 5.11 Å². The summed E-state index contributed by atoms with van der Waals surface area (Å²) in [5, 5.41) is 27.9. The molecule has 1 saturated heterocycles. The van der Waals surface area contributed by atoms with Gasteiger partial charge in [0.05, 0.1) is 18.7 Å². The van der Waals surface area contributed by atoms with Gasteiger partial charge in [-0.2, -0.15) is 0 Å². The van der Waals surface area contributed by atoms with E-state index in [9.17, 15) is 15.0 Å². The third-order valence-corrected chi connectivity index (χ3v) is 2.57. The maximum atomic E-state index is 10.9. The molecule has 1 unspecified atom stereocenters. The summed E-state index contributed by atoms with van der Waals surface area (Å²) >= 11 is 0. The van der Waals surface area contributed by atoms with E-state index < -0.39 is 24.3 Å². The van der Waals surface area contributed by atoms with Crippen LogP contribution in [0.15, 0.2) is 0 Å². The summed E-state index contributed by atoms with van der Waals surface area (Å²) in [7, 11) is 0. The van der Waals surface area contributed by atoms with Gasteiger partial charge in [0, 0.05) is 0 Å². The fraction of sp³-hybridized carbons (Fsp3) is 0.889. The zero-order valence-electron chi connectivity index (χ0n) is 8.64. The second-order valence-electron chi connectivity index (χ2n) is 4.80. The predicted molar refractivity (Wildman–Crippen MR) is 50.0 cm³/mol. The van der Waals surface area contributed by atoms with Crippen LogP contribution in [0.25, 0.3) is 0 Å². The minimum atomic E-state index is -1.10. The molecule has 1 amide bonds. The van der Waals surface area contributed by atoms with E-state index in [0.29, 0.717) is 0 Å². The molecule has 0 saturated carbocycles. The molecule has 1 rings (SSSR count). The highest BCUT2D eigenvalue weighted by Gasteiger charge is 2.48. The summed E-state index contributed by atoms with van der Waals surface area (Å²) in [5.74, 6) is 0. The van der Waals surface area contributed by atoms with Crippen LogP contribution in [0.5, 0.6) is 0 Å². The van der Waals surface area contributed by atoms with Gasteiger partial charge < -0.3 is 15.3 Å². The van der Waals surface area contributed by atoms with Crippen LogP contribution in [0, 0.1) is 5.41 Å². The zero-order valence-corrected chi connectivity index (χ0v) is 8.64. The number of carbonyl (C=O) groups is 1. The molecule has 0 bridgehead atoms. The van der Waals surface area contributed by atoms with Crippen molar-refractivity contribution in [2.75, 3.05) is 6.54 Å². The van der Waals surface area contributed by atoms with Crippen LogP contribution in [-0.2, 0) is 0 Å². The molecule has 1 aliphatic heterocycles. The largest absolute Gasteiger partial charge is 0.465 e. The minimum absolute atomic E-state index is 0.0154. The van der Waals surface area contributed by atoms with Crippen molar-refractivity contribution < 1.29 is 20.1 Å². The van der Waals surface area contributed by atoms with Crippen LogP contribution in [0.2, 0.25) is 0 Å². The van der Waals surface area contributed by atoms with Crippen molar-refractivity contribution in [2.24, 2.45) is 5.41 Å². The van der Waals surface area contributed by atoms with Crippen LogP contribution in [0.3, 0.4) is 0 Å². The van der Waals surface area contributed by atoms with Gasteiger partial charge in [0.25, 0.3) is 0 Å². The summed E-state index contributed by atoms with van der Waals surface area (Å²) in [6, 6.07) is -0.546. The summed E-state index contributed by atoms with van der Waals surface area (Å²) in [4.78, 5) is 12.0. The van der Waals surface area contributed by atoms with Crippen molar-refractivity contribution in [3.63, 3.8) is 0 Å². The fourth-order valence-electron chi connectivity index (χ4n) is 1.99. The predicted octanol–water partition coefficient (Wildman–Crippen LogP) is 0.116. The van der Waals surface area contributed by atoms with Gasteiger partial charge in [-0.3, -0.25) is 4.90 Å². The summed E-state index contributed by atoms with van der Waals surface area (Å²) in [6.07, 6.45) is -3.07. The van der Waals surface area contributed by atoms with Crippen molar-refractivity contribution in [1.29, 1.82) is 0 Å². The number of β-amino-alcohol motifs (C(OH)–C–C–N with tert-alkyl or cyclic N) is 1. The highest BCUT2D eigenvalue weighted by atomic mass is 16.4. The normalized spacial score (nSPS) is 33.5. The zero-order chi connectivity index (χ0) is 11.1. The van der Waals surface area contributed by atoms with E-state index in [1.165, 1.54) is 0 Å². The molecule has 5 nitrogen and oxygen atoms in total. The number of rotatable bonds is 0. The smallest absolute Gasteiger partial charge is 0.407 e. The molecule has 0 spiro atoms. The third-order valence-electron chi connectivity index (χ3n) is 2.57. The lowest BCUT2D eigenvalue weighted by molar-refractivity contribution is 0.00712. The van der Waals surface area contributed by atoms with Crippen LogP contribution >= 0.6 is 0 Å². The number of amides is 1. The first-order valence-electron chi connectivity index (χ1n) is 4.61. The first-order valence-corrected chi connectivity index (χ1v) is 4.61. The molecule has 1 fully saturated rings. The first kappa shape index (κ1) is 11.3. The van der Waals surface area contributed by atoms with Crippen molar-refractivity contribution in [3.05, 3.63) is 0 Å². The molecule has 82 valence electrons. The molecule has 0 aliphatic carbocycles. The Bertz CT molecular complexity index is 235. The number of aliphatic hydroxyl groups excluding tert-OH is 2. The second kappa shape index (κ2) is 3.40. The van der Waals surface area contributed by atoms with Crippen LogP contribution in [-0.4, -0.2) is 51.1 Å². The van der Waals surface area contributed by atoms with Gasteiger partial charge in [-0.25, -0.2) is 4.79 Å². The number of likely N-dealkylation sites (tertiary alicyclic amines) is 1.